The smallest absolute Gasteiger partial charge is 0.225 e. The lowest BCUT2D eigenvalue weighted by molar-refractivity contribution is -0.129. The number of hydrogen-bond acceptors (Lipinski definition) is 4. The third-order valence-electron chi connectivity index (χ3n) is 2.57. The molecule has 0 aliphatic heterocycles. The van der Waals surface area contributed by atoms with Crippen LogP contribution in [-0.4, -0.2) is 38.6 Å². The van der Waals surface area contributed by atoms with Gasteiger partial charge in [0.05, 0.1) is 20.1 Å². The molecule has 0 saturated heterocycles. The second-order valence-electron chi connectivity index (χ2n) is 4.06. The van der Waals surface area contributed by atoms with Crippen molar-refractivity contribution in [2.24, 2.45) is 5.73 Å². The lowest BCUT2D eigenvalue weighted by Gasteiger charge is -2.13. The van der Waals surface area contributed by atoms with Crippen molar-refractivity contribution in [2.45, 2.75) is 13.0 Å². The first-order valence-corrected chi connectivity index (χ1v) is 5.78. The minimum atomic E-state index is 0.0344. The van der Waals surface area contributed by atoms with E-state index < -0.39 is 0 Å². The lowest BCUT2D eigenvalue weighted by atomic mass is 10.2. The van der Waals surface area contributed by atoms with Gasteiger partial charge in [0.25, 0.3) is 0 Å². The maximum Gasteiger partial charge on any atom is 0.225 e. The van der Waals surface area contributed by atoms with Crippen LogP contribution in [0.4, 0.5) is 0 Å². The van der Waals surface area contributed by atoms with Crippen LogP contribution in [0.3, 0.4) is 0 Å². The van der Waals surface area contributed by atoms with E-state index in [1.807, 2.05) is 12.1 Å². The zero-order valence-corrected chi connectivity index (χ0v) is 11.1. The van der Waals surface area contributed by atoms with E-state index in [1.165, 1.54) is 0 Å². The fourth-order valence-electron chi connectivity index (χ4n) is 1.44. The predicted octanol–water partition coefficient (Wildman–Crippen LogP) is 1.01. The van der Waals surface area contributed by atoms with E-state index in [0.717, 1.165) is 5.56 Å². The summed E-state index contributed by atoms with van der Waals surface area (Å²) in [7, 11) is 5.04. The van der Waals surface area contributed by atoms with Crippen LogP contribution < -0.4 is 15.2 Å². The molecule has 5 nitrogen and oxygen atoms in total. The van der Waals surface area contributed by atoms with E-state index in [2.05, 4.69) is 0 Å². The van der Waals surface area contributed by atoms with E-state index in [-0.39, 0.29) is 5.91 Å². The van der Waals surface area contributed by atoms with Gasteiger partial charge in [-0.25, -0.2) is 0 Å². The Kier molecular flexibility index (Phi) is 5.45. The molecule has 2 N–H and O–H groups in total. The number of ether oxygens (including phenoxy) is 2. The molecule has 0 atom stereocenters. The van der Waals surface area contributed by atoms with E-state index in [1.54, 1.807) is 32.2 Å². The molecule has 0 saturated carbocycles. The van der Waals surface area contributed by atoms with Crippen LogP contribution in [0, 0.1) is 0 Å². The fourth-order valence-corrected chi connectivity index (χ4v) is 1.44. The van der Waals surface area contributed by atoms with Gasteiger partial charge in [0.1, 0.15) is 11.5 Å². The summed E-state index contributed by atoms with van der Waals surface area (Å²) in [6, 6.07) is 5.48. The van der Waals surface area contributed by atoms with Gasteiger partial charge in [-0.15, -0.1) is 0 Å². The lowest BCUT2D eigenvalue weighted by Crippen LogP contribution is -2.23. The first-order valence-electron chi connectivity index (χ1n) is 5.78. The van der Waals surface area contributed by atoms with Crippen LogP contribution in [0.5, 0.6) is 11.5 Å². The number of nitrogens with zero attached hydrogens (tertiary/aromatic N) is 1. The molecule has 0 unspecified atom stereocenters. The SMILES string of the molecule is COc1ccc(CN)c(OCCC(=O)N(C)C)c1. The van der Waals surface area contributed by atoms with Gasteiger partial charge >= 0.3 is 0 Å². The maximum absolute atomic E-state index is 11.4. The monoisotopic (exact) mass is 252 g/mol. The molecule has 0 bridgehead atoms. The number of benzene rings is 1. The van der Waals surface area contributed by atoms with Crippen LogP contribution in [0.25, 0.3) is 0 Å². The molecule has 100 valence electrons. The molecule has 0 radical (unpaired) electrons. The van der Waals surface area contributed by atoms with Crippen molar-refractivity contribution in [3.63, 3.8) is 0 Å². The van der Waals surface area contributed by atoms with Crippen LogP contribution in [-0.2, 0) is 11.3 Å². The van der Waals surface area contributed by atoms with Crippen molar-refractivity contribution < 1.29 is 14.3 Å². The number of amides is 1. The van der Waals surface area contributed by atoms with Gasteiger partial charge in [0, 0.05) is 32.3 Å². The molecule has 0 aliphatic rings. The molecule has 0 fully saturated rings. The Morgan fingerprint density at radius 2 is 2.11 bits per heavy atom. The number of carbonyl (C=O) groups excluding carboxylic acids is 1. The zero-order chi connectivity index (χ0) is 13.5. The Morgan fingerprint density at radius 1 is 1.39 bits per heavy atom. The highest BCUT2D eigenvalue weighted by molar-refractivity contribution is 5.75. The molecular formula is C13H20N2O3. The second kappa shape index (κ2) is 6.86. The number of methoxy groups -OCH3 is 1. The summed E-state index contributed by atoms with van der Waals surface area (Å²) < 4.78 is 10.7. The van der Waals surface area contributed by atoms with Crippen molar-refractivity contribution in [2.75, 3.05) is 27.8 Å². The van der Waals surface area contributed by atoms with Gasteiger partial charge in [-0.3, -0.25) is 4.79 Å². The summed E-state index contributed by atoms with van der Waals surface area (Å²) in [6.45, 7) is 0.720. The van der Waals surface area contributed by atoms with Crippen molar-refractivity contribution in [3.05, 3.63) is 23.8 Å². The molecule has 0 spiro atoms. The van der Waals surface area contributed by atoms with Crippen molar-refractivity contribution in [1.82, 2.24) is 4.90 Å². The molecule has 1 aromatic rings. The molecule has 18 heavy (non-hydrogen) atoms. The quantitative estimate of drug-likeness (QED) is 0.820. The third kappa shape index (κ3) is 3.92. The van der Waals surface area contributed by atoms with E-state index in [9.17, 15) is 4.79 Å². The minimum Gasteiger partial charge on any atom is -0.497 e. The van der Waals surface area contributed by atoms with Crippen LogP contribution >= 0.6 is 0 Å². The number of rotatable bonds is 6. The molecule has 1 rings (SSSR count). The summed E-state index contributed by atoms with van der Waals surface area (Å²) in [5, 5.41) is 0. The van der Waals surface area contributed by atoms with Gasteiger partial charge in [0.15, 0.2) is 0 Å². The van der Waals surface area contributed by atoms with Crippen LogP contribution in [0.2, 0.25) is 0 Å². The first-order chi connectivity index (χ1) is 8.58. The molecular weight excluding hydrogens is 232 g/mol. The fraction of sp³-hybridized carbons (Fsp3) is 0.462. The minimum absolute atomic E-state index is 0.0344. The van der Waals surface area contributed by atoms with Gasteiger partial charge in [-0.1, -0.05) is 6.07 Å². The normalized spacial score (nSPS) is 10.0. The highest BCUT2D eigenvalue weighted by Gasteiger charge is 2.07. The summed E-state index contributed by atoms with van der Waals surface area (Å²) >= 11 is 0. The van der Waals surface area contributed by atoms with Gasteiger partial charge < -0.3 is 20.1 Å². The molecule has 0 aromatic heterocycles. The highest BCUT2D eigenvalue weighted by atomic mass is 16.5. The Balaban J connectivity index is 2.62. The van der Waals surface area contributed by atoms with Gasteiger partial charge in [-0.05, 0) is 6.07 Å². The number of hydrogen-bond donors (Lipinski definition) is 1. The van der Waals surface area contributed by atoms with E-state index in [4.69, 9.17) is 15.2 Å². The van der Waals surface area contributed by atoms with Crippen LogP contribution in [0.15, 0.2) is 18.2 Å². The molecule has 0 aliphatic carbocycles. The Labute approximate surface area is 107 Å². The average molecular weight is 252 g/mol. The number of carbonyl (C=O) groups is 1. The summed E-state index contributed by atoms with van der Waals surface area (Å²) in [5.41, 5.74) is 6.52. The van der Waals surface area contributed by atoms with Gasteiger partial charge in [0.2, 0.25) is 5.91 Å². The Hall–Kier alpha value is -1.75. The summed E-state index contributed by atoms with van der Waals surface area (Å²) in [5.74, 6) is 1.41. The standard InChI is InChI=1S/C13H20N2O3/c1-15(2)13(16)6-7-18-12-8-11(17-3)5-4-10(12)9-14/h4-5,8H,6-7,9,14H2,1-3H3. The summed E-state index contributed by atoms with van der Waals surface area (Å²) in [4.78, 5) is 12.9. The Morgan fingerprint density at radius 3 is 2.67 bits per heavy atom. The van der Waals surface area contributed by atoms with Crippen molar-refractivity contribution in [3.8, 4) is 11.5 Å². The molecule has 1 aromatic carbocycles. The third-order valence-corrected chi connectivity index (χ3v) is 2.57. The number of nitrogens with two attached hydrogens (primary N) is 1. The second-order valence-corrected chi connectivity index (χ2v) is 4.06. The predicted molar refractivity (Wildman–Crippen MR) is 69.7 cm³/mol. The van der Waals surface area contributed by atoms with Crippen LogP contribution in [0.1, 0.15) is 12.0 Å². The van der Waals surface area contributed by atoms with Crippen molar-refractivity contribution in [1.29, 1.82) is 0 Å². The highest BCUT2D eigenvalue weighted by Crippen LogP contribution is 2.24. The Bertz CT molecular complexity index is 405. The molecule has 1 amide bonds. The molecule has 0 heterocycles. The maximum atomic E-state index is 11.4. The zero-order valence-electron chi connectivity index (χ0n) is 11.1. The largest absolute Gasteiger partial charge is 0.497 e. The average Bonchev–Trinajstić information content (AvgIpc) is 2.38. The van der Waals surface area contributed by atoms with Crippen molar-refractivity contribution >= 4 is 5.91 Å². The van der Waals surface area contributed by atoms with E-state index in [0.29, 0.717) is 31.1 Å². The molecule has 5 heteroatoms. The topological polar surface area (TPSA) is 64.8 Å². The first kappa shape index (κ1) is 14.3. The van der Waals surface area contributed by atoms with Gasteiger partial charge in [-0.2, -0.15) is 0 Å². The van der Waals surface area contributed by atoms with E-state index >= 15 is 0 Å². The summed E-state index contributed by atoms with van der Waals surface area (Å²) in [6.07, 6.45) is 0.341.